The van der Waals surface area contributed by atoms with E-state index in [9.17, 15) is 9.59 Å². The maximum absolute atomic E-state index is 11.9. The highest BCUT2D eigenvalue weighted by molar-refractivity contribution is 5.97. The Balaban J connectivity index is 1.70. The monoisotopic (exact) mass is 311 g/mol. The number of hydrogen-bond donors (Lipinski definition) is 1. The van der Waals surface area contributed by atoms with Crippen LogP contribution in [0, 0.1) is 0 Å². The van der Waals surface area contributed by atoms with Crippen LogP contribution in [0.25, 0.3) is 0 Å². The second-order valence-corrected chi connectivity index (χ2v) is 5.24. The molecule has 23 heavy (non-hydrogen) atoms. The van der Waals surface area contributed by atoms with Crippen LogP contribution in [0.15, 0.2) is 54.6 Å². The van der Waals surface area contributed by atoms with Crippen molar-refractivity contribution in [2.75, 3.05) is 13.7 Å². The number of Topliss-reactive ketones (excluding diaryl/α,β-unsaturated/α-hetero) is 1. The van der Waals surface area contributed by atoms with Crippen molar-refractivity contribution in [1.82, 2.24) is 5.32 Å². The molecule has 2 rings (SSSR count). The lowest BCUT2D eigenvalue weighted by molar-refractivity contribution is -0.121. The summed E-state index contributed by atoms with van der Waals surface area (Å²) < 4.78 is 5.16. The molecule has 0 spiro atoms. The van der Waals surface area contributed by atoms with E-state index in [1.165, 1.54) is 0 Å². The Hall–Kier alpha value is -2.62. The van der Waals surface area contributed by atoms with Gasteiger partial charge in [-0.1, -0.05) is 42.5 Å². The van der Waals surface area contributed by atoms with Gasteiger partial charge in [-0.05, 0) is 24.1 Å². The van der Waals surface area contributed by atoms with Crippen LogP contribution in [-0.4, -0.2) is 25.3 Å². The number of methoxy groups -OCH3 is 1. The summed E-state index contributed by atoms with van der Waals surface area (Å²) in [6, 6.07) is 16.8. The SMILES string of the molecule is COc1cccc(CCNC(=O)CCC(=O)c2ccccc2)c1. The van der Waals surface area contributed by atoms with Crippen LogP contribution in [0.4, 0.5) is 0 Å². The molecule has 120 valence electrons. The number of carbonyl (C=O) groups is 2. The zero-order valence-electron chi connectivity index (χ0n) is 13.2. The second kappa shape index (κ2) is 8.73. The van der Waals surface area contributed by atoms with Gasteiger partial charge in [0.2, 0.25) is 5.91 Å². The molecule has 0 aromatic heterocycles. The zero-order valence-corrected chi connectivity index (χ0v) is 13.2. The molecule has 0 bridgehead atoms. The summed E-state index contributed by atoms with van der Waals surface area (Å²) in [6.45, 7) is 0.547. The number of carbonyl (C=O) groups excluding carboxylic acids is 2. The van der Waals surface area contributed by atoms with Crippen molar-refractivity contribution in [2.24, 2.45) is 0 Å². The van der Waals surface area contributed by atoms with Crippen LogP contribution < -0.4 is 10.1 Å². The first-order valence-corrected chi connectivity index (χ1v) is 7.67. The number of ketones is 1. The molecule has 2 aromatic carbocycles. The Bertz CT molecular complexity index is 653. The minimum Gasteiger partial charge on any atom is -0.497 e. The molecule has 0 radical (unpaired) electrons. The summed E-state index contributed by atoms with van der Waals surface area (Å²) in [5.74, 6) is 0.702. The number of nitrogens with one attached hydrogen (secondary N) is 1. The van der Waals surface area contributed by atoms with Crippen molar-refractivity contribution in [3.63, 3.8) is 0 Å². The van der Waals surface area contributed by atoms with E-state index in [0.29, 0.717) is 12.1 Å². The van der Waals surface area contributed by atoms with Crippen molar-refractivity contribution >= 4 is 11.7 Å². The quantitative estimate of drug-likeness (QED) is 0.762. The lowest BCUT2D eigenvalue weighted by Gasteiger charge is -2.07. The van der Waals surface area contributed by atoms with Gasteiger partial charge in [0.25, 0.3) is 0 Å². The number of ether oxygens (including phenoxy) is 1. The van der Waals surface area contributed by atoms with Crippen LogP contribution in [0.3, 0.4) is 0 Å². The van der Waals surface area contributed by atoms with E-state index in [1.54, 1.807) is 19.2 Å². The van der Waals surface area contributed by atoms with Crippen molar-refractivity contribution in [1.29, 1.82) is 0 Å². The summed E-state index contributed by atoms with van der Waals surface area (Å²) >= 11 is 0. The zero-order chi connectivity index (χ0) is 16.5. The van der Waals surface area contributed by atoms with E-state index in [0.717, 1.165) is 17.7 Å². The van der Waals surface area contributed by atoms with Gasteiger partial charge in [0, 0.05) is 24.9 Å². The molecule has 1 amide bonds. The fourth-order valence-corrected chi connectivity index (χ4v) is 2.26. The van der Waals surface area contributed by atoms with Crippen molar-refractivity contribution in [2.45, 2.75) is 19.3 Å². The predicted molar refractivity (Wildman–Crippen MR) is 89.7 cm³/mol. The van der Waals surface area contributed by atoms with Gasteiger partial charge in [-0.15, -0.1) is 0 Å². The van der Waals surface area contributed by atoms with Gasteiger partial charge in [0.1, 0.15) is 5.75 Å². The molecule has 0 atom stereocenters. The Morgan fingerprint density at radius 1 is 1.00 bits per heavy atom. The molecule has 4 nitrogen and oxygen atoms in total. The van der Waals surface area contributed by atoms with E-state index < -0.39 is 0 Å². The molecular formula is C19H21NO3. The average Bonchev–Trinajstić information content (AvgIpc) is 2.60. The van der Waals surface area contributed by atoms with Gasteiger partial charge in [-0.25, -0.2) is 0 Å². The molecule has 0 fully saturated rings. The first-order chi connectivity index (χ1) is 11.2. The van der Waals surface area contributed by atoms with Crippen molar-refractivity contribution < 1.29 is 14.3 Å². The van der Waals surface area contributed by atoms with Crippen molar-refractivity contribution in [3.8, 4) is 5.75 Å². The number of amides is 1. The fourth-order valence-electron chi connectivity index (χ4n) is 2.26. The summed E-state index contributed by atoms with van der Waals surface area (Å²) in [5, 5.41) is 2.84. The molecule has 0 aliphatic carbocycles. The van der Waals surface area contributed by atoms with Gasteiger partial charge >= 0.3 is 0 Å². The minimum absolute atomic E-state index is 0.00598. The highest BCUT2D eigenvalue weighted by Gasteiger charge is 2.08. The third-order valence-corrected chi connectivity index (χ3v) is 3.54. The number of hydrogen-bond acceptors (Lipinski definition) is 3. The van der Waals surface area contributed by atoms with Crippen LogP contribution in [-0.2, 0) is 11.2 Å². The van der Waals surface area contributed by atoms with Gasteiger partial charge in [0.15, 0.2) is 5.78 Å². The first-order valence-electron chi connectivity index (χ1n) is 7.67. The van der Waals surface area contributed by atoms with Crippen LogP contribution >= 0.6 is 0 Å². The normalized spacial score (nSPS) is 10.1. The third-order valence-electron chi connectivity index (χ3n) is 3.54. The average molecular weight is 311 g/mol. The molecule has 0 heterocycles. The molecule has 0 aliphatic heterocycles. The summed E-state index contributed by atoms with van der Waals surface area (Å²) in [5.41, 5.74) is 1.75. The Labute approximate surface area is 136 Å². The fraction of sp³-hybridized carbons (Fsp3) is 0.263. The molecule has 2 aromatic rings. The first kappa shape index (κ1) is 16.7. The largest absolute Gasteiger partial charge is 0.497 e. The summed E-state index contributed by atoms with van der Waals surface area (Å²) in [6.07, 6.45) is 1.18. The van der Waals surface area contributed by atoms with Crippen LogP contribution in [0.5, 0.6) is 5.75 Å². The maximum atomic E-state index is 11.9. The molecule has 0 saturated heterocycles. The highest BCUT2D eigenvalue weighted by atomic mass is 16.5. The van der Waals surface area contributed by atoms with Gasteiger partial charge in [0.05, 0.1) is 7.11 Å². The van der Waals surface area contributed by atoms with Crippen LogP contribution in [0.2, 0.25) is 0 Å². The maximum Gasteiger partial charge on any atom is 0.220 e. The standard InChI is InChI=1S/C19H21NO3/c1-23-17-9-5-6-15(14-17)12-13-20-19(22)11-10-18(21)16-7-3-2-4-8-16/h2-9,14H,10-13H2,1H3,(H,20,22). The van der Waals surface area contributed by atoms with Gasteiger partial charge in [-0.3, -0.25) is 9.59 Å². The lowest BCUT2D eigenvalue weighted by Crippen LogP contribution is -2.26. The van der Waals surface area contributed by atoms with Gasteiger partial charge < -0.3 is 10.1 Å². The Morgan fingerprint density at radius 2 is 1.78 bits per heavy atom. The topological polar surface area (TPSA) is 55.4 Å². The molecule has 1 N–H and O–H groups in total. The third kappa shape index (κ3) is 5.58. The number of rotatable bonds is 8. The van der Waals surface area contributed by atoms with Crippen LogP contribution in [0.1, 0.15) is 28.8 Å². The van der Waals surface area contributed by atoms with E-state index in [2.05, 4.69) is 5.32 Å². The van der Waals surface area contributed by atoms with E-state index in [4.69, 9.17) is 4.74 Å². The highest BCUT2D eigenvalue weighted by Crippen LogP contribution is 2.12. The lowest BCUT2D eigenvalue weighted by atomic mass is 10.1. The minimum atomic E-state index is -0.0998. The predicted octanol–water partition coefficient (Wildman–Crippen LogP) is 3.02. The molecule has 0 aliphatic rings. The molecule has 4 heteroatoms. The Morgan fingerprint density at radius 3 is 2.52 bits per heavy atom. The smallest absolute Gasteiger partial charge is 0.220 e. The Kier molecular flexibility index (Phi) is 6.36. The number of benzene rings is 2. The molecule has 0 unspecified atom stereocenters. The van der Waals surface area contributed by atoms with E-state index in [-0.39, 0.29) is 24.5 Å². The second-order valence-electron chi connectivity index (χ2n) is 5.24. The van der Waals surface area contributed by atoms with E-state index >= 15 is 0 Å². The van der Waals surface area contributed by atoms with Gasteiger partial charge in [-0.2, -0.15) is 0 Å². The van der Waals surface area contributed by atoms with E-state index in [1.807, 2.05) is 42.5 Å². The summed E-state index contributed by atoms with van der Waals surface area (Å²) in [4.78, 5) is 23.7. The summed E-state index contributed by atoms with van der Waals surface area (Å²) in [7, 11) is 1.63. The molecular weight excluding hydrogens is 290 g/mol. The molecule has 0 saturated carbocycles. The van der Waals surface area contributed by atoms with Crippen molar-refractivity contribution in [3.05, 3.63) is 65.7 Å².